The molecule has 0 radical (unpaired) electrons. The number of nitrogens with zero attached hydrogens (tertiary/aromatic N) is 6. The van der Waals surface area contributed by atoms with Crippen LogP contribution in [0.4, 0.5) is 30.5 Å². The van der Waals surface area contributed by atoms with Gasteiger partial charge in [0, 0.05) is 38.8 Å². The Morgan fingerprint density at radius 2 is 2.06 bits per heavy atom. The minimum atomic E-state index is -0.979. The first kappa shape index (κ1) is 32.5. The lowest BCUT2D eigenvalue weighted by molar-refractivity contribution is -0.129. The number of terminal acetylenes is 1. The number of carbonyl (C=O) groups excluding carboxylic acids is 1. The number of β-amino-alcohol motifs (C(OH)–C–C–N with tert-alkyl or cyclic N) is 1. The molecule has 47 heavy (non-hydrogen) atoms. The Hall–Kier alpha value is -4.41. The molecule has 13 heteroatoms. The number of carbonyl (C=O) groups is 1. The quantitative estimate of drug-likeness (QED) is 0.262. The maximum atomic E-state index is 16.7. The first-order valence-electron chi connectivity index (χ1n) is 15.8. The standard InChI is InChI=1S/C34H38F3N7O3/c1-5-24-26(36)10-9-20-13-23(45)17-44(30(20)24)32-28(37)29-25(15-38-32)31(39-19-34(11-7-8-12-34)43(4)27(46)6-2)41-33(40-29)47-18-22-14-21(35)16-42(22)3/h1,6,9-10,15,21-23,45H,2,7-8,11-14,16-19H2,3-4H3,(H,39,40,41)/t21-,22+,23-/m1/s1. The molecule has 1 saturated heterocycles. The molecule has 3 aromatic rings. The Kier molecular flexibility index (Phi) is 9.00. The number of amides is 1. The number of pyridine rings is 1. The second-order valence-electron chi connectivity index (χ2n) is 12.7. The van der Waals surface area contributed by atoms with Crippen LogP contribution < -0.4 is 15.0 Å². The third-order valence-corrected chi connectivity index (χ3v) is 9.75. The number of halogens is 3. The van der Waals surface area contributed by atoms with Gasteiger partial charge in [-0.15, -0.1) is 6.42 Å². The second kappa shape index (κ2) is 13.0. The summed E-state index contributed by atoms with van der Waals surface area (Å²) in [5.74, 6) is 0.705. The zero-order valence-electron chi connectivity index (χ0n) is 26.5. The predicted octanol–water partition coefficient (Wildman–Crippen LogP) is 4.13. The lowest BCUT2D eigenvalue weighted by atomic mass is 9.95. The smallest absolute Gasteiger partial charge is 0.319 e. The first-order valence-corrected chi connectivity index (χ1v) is 15.8. The zero-order valence-corrected chi connectivity index (χ0v) is 26.5. The fourth-order valence-electron chi connectivity index (χ4n) is 7.11. The van der Waals surface area contributed by atoms with Crippen LogP contribution in [0.3, 0.4) is 0 Å². The van der Waals surface area contributed by atoms with E-state index >= 15 is 4.39 Å². The van der Waals surface area contributed by atoms with E-state index in [1.54, 1.807) is 19.0 Å². The van der Waals surface area contributed by atoms with Crippen LogP contribution in [0.5, 0.6) is 6.01 Å². The Morgan fingerprint density at radius 3 is 2.74 bits per heavy atom. The summed E-state index contributed by atoms with van der Waals surface area (Å²) in [6.07, 6.45) is 10.4. The average molecular weight is 650 g/mol. The summed E-state index contributed by atoms with van der Waals surface area (Å²) >= 11 is 0. The predicted molar refractivity (Wildman–Crippen MR) is 172 cm³/mol. The number of alkyl halides is 1. The van der Waals surface area contributed by atoms with Crippen LogP contribution in [0.1, 0.15) is 43.2 Å². The molecule has 2 fully saturated rings. The van der Waals surface area contributed by atoms with E-state index in [2.05, 4.69) is 32.8 Å². The van der Waals surface area contributed by atoms with Crippen molar-refractivity contribution in [1.82, 2.24) is 24.8 Å². The molecule has 1 saturated carbocycles. The minimum Gasteiger partial charge on any atom is -0.462 e. The lowest BCUT2D eigenvalue weighted by Gasteiger charge is -2.38. The SMILES string of the molecule is C#Cc1c(F)ccc2c1N(c1ncc3c(NCC4(N(C)C(=O)C=C)CCCC4)nc(OC[C@@H]4C[C@@H](F)CN4C)nc3c1F)C[C@H](O)C2. The number of aliphatic hydroxyl groups excluding tert-OH is 1. The molecule has 1 aliphatic carbocycles. The van der Waals surface area contributed by atoms with Crippen molar-refractivity contribution in [1.29, 1.82) is 0 Å². The Labute approximate surface area is 271 Å². The van der Waals surface area contributed by atoms with Gasteiger partial charge in [0.25, 0.3) is 0 Å². The highest BCUT2D eigenvalue weighted by atomic mass is 19.1. The summed E-state index contributed by atoms with van der Waals surface area (Å²) in [5.41, 5.74) is 0.108. The number of likely N-dealkylation sites (tertiary alicyclic amines) is 1. The number of aliphatic hydroxyl groups is 1. The number of aromatic nitrogens is 3. The highest BCUT2D eigenvalue weighted by molar-refractivity contribution is 5.92. The van der Waals surface area contributed by atoms with Gasteiger partial charge in [0.1, 0.15) is 29.9 Å². The molecule has 0 bridgehead atoms. The second-order valence-corrected chi connectivity index (χ2v) is 12.7. The van der Waals surface area contributed by atoms with Gasteiger partial charge in [0.05, 0.1) is 34.8 Å². The average Bonchev–Trinajstić information content (AvgIpc) is 3.67. The van der Waals surface area contributed by atoms with E-state index < -0.39 is 29.4 Å². The van der Waals surface area contributed by atoms with Gasteiger partial charge in [-0.1, -0.05) is 31.4 Å². The van der Waals surface area contributed by atoms with E-state index in [1.165, 1.54) is 29.3 Å². The number of likely N-dealkylation sites (N-methyl/N-ethyl adjacent to an activating group) is 2. The summed E-state index contributed by atoms with van der Waals surface area (Å²) in [5, 5.41) is 14.2. The first-order chi connectivity index (χ1) is 22.5. The van der Waals surface area contributed by atoms with E-state index in [0.29, 0.717) is 12.1 Å². The van der Waals surface area contributed by atoms with Gasteiger partial charge in [-0.25, -0.2) is 18.2 Å². The van der Waals surface area contributed by atoms with E-state index in [1.807, 2.05) is 4.90 Å². The van der Waals surface area contributed by atoms with Gasteiger partial charge in [0.2, 0.25) is 5.91 Å². The zero-order chi connectivity index (χ0) is 33.5. The molecular weight excluding hydrogens is 611 g/mol. The van der Waals surface area contributed by atoms with Crippen molar-refractivity contribution in [2.24, 2.45) is 0 Å². The number of hydrogen-bond acceptors (Lipinski definition) is 9. The fraction of sp³-hybridized carbons (Fsp3) is 0.471. The molecule has 2 aliphatic heterocycles. The third kappa shape index (κ3) is 6.07. The monoisotopic (exact) mass is 649 g/mol. The number of benzene rings is 1. The van der Waals surface area contributed by atoms with Gasteiger partial charge >= 0.3 is 6.01 Å². The molecule has 0 unspecified atom stereocenters. The maximum absolute atomic E-state index is 16.7. The summed E-state index contributed by atoms with van der Waals surface area (Å²) in [6, 6.07) is 2.40. The number of hydrogen-bond donors (Lipinski definition) is 2. The van der Waals surface area contributed by atoms with Crippen LogP contribution in [0.2, 0.25) is 0 Å². The summed E-state index contributed by atoms with van der Waals surface area (Å²) < 4.78 is 51.5. The molecule has 0 spiro atoms. The number of nitrogens with one attached hydrogen (secondary N) is 1. The highest BCUT2D eigenvalue weighted by Crippen LogP contribution is 2.40. The van der Waals surface area contributed by atoms with Gasteiger partial charge in [0.15, 0.2) is 11.6 Å². The highest BCUT2D eigenvalue weighted by Gasteiger charge is 2.40. The van der Waals surface area contributed by atoms with Crippen molar-refractivity contribution < 1.29 is 27.8 Å². The van der Waals surface area contributed by atoms with Crippen molar-refractivity contribution >= 4 is 34.1 Å². The molecule has 6 rings (SSSR count). The molecule has 3 aliphatic rings. The van der Waals surface area contributed by atoms with Crippen LogP contribution in [0, 0.1) is 24.0 Å². The molecular formula is C34H38F3N7O3. The van der Waals surface area contributed by atoms with Gasteiger partial charge in [-0.05, 0) is 44.0 Å². The molecule has 2 aromatic heterocycles. The van der Waals surface area contributed by atoms with E-state index in [9.17, 15) is 18.7 Å². The number of anilines is 3. The largest absolute Gasteiger partial charge is 0.462 e. The van der Waals surface area contributed by atoms with Crippen molar-refractivity contribution in [2.75, 3.05) is 50.6 Å². The van der Waals surface area contributed by atoms with E-state index in [-0.39, 0.29) is 84.3 Å². The number of ether oxygens (including phenoxy) is 1. The van der Waals surface area contributed by atoms with E-state index in [0.717, 1.165) is 25.7 Å². The van der Waals surface area contributed by atoms with Crippen molar-refractivity contribution in [3.05, 3.63) is 53.7 Å². The molecule has 1 amide bonds. The Bertz CT molecular complexity index is 1740. The third-order valence-electron chi connectivity index (χ3n) is 9.75. The van der Waals surface area contributed by atoms with Gasteiger partial charge in [-0.2, -0.15) is 9.97 Å². The van der Waals surface area contributed by atoms with Gasteiger partial charge in [-0.3, -0.25) is 9.69 Å². The molecule has 1 aromatic carbocycles. The summed E-state index contributed by atoms with van der Waals surface area (Å²) in [4.78, 5) is 31.0. The van der Waals surface area contributed by atoms with Crippen molar-refractivity contribution in [3.8, 4) is 18.4 Å². The maximum Gasteiger partial charge on any atom is 0.319 e. The number of rotatable bonds is 9. The number of fused-ring (bicyclic) bond motifs is 2. The van der Waals surface area contributed by atoms with Crippen LogP contribution in [-0.4, -0.2) is 100.0 Å². The van der Waals surface area contributed by atoms with Crippen molar-refractivity contribution in [2.45, 2.75) is 62.4 Å². The van der Waals surface area contributed by atoms with Crippen LogP contribution in [0.25, 0.3) is 10.9 Å². The Balaban J connectivity index is 1.42. The van der Waals surface area contributed by atoms with Crippen LogP contribution >= 0.6 is 0 Å². The minimum absolute atomic E-state index is 0.0586. The molecule has 3 atom stereocenters. The Morgan fingerprint density at radius 1 is 1.30 bits per heavy atom. The van der Waals surface area contributed by atoms with Gasteiger partial charge < -0.3 is 25.0 Å². The normalized spacial score (nSPS) is 22.1. The van der Waals surface area contributed by atoms with Crippen molar-refractivity contribution in [3.63, 3.8) is 0 Å². The summed E-state index contributed by atoms with van der Waals surface area (Å²) in [6.45, 7) is 4.23. The molecule has 2 N–H and O–H groups in total. The topological polar surface area (TPSA) is 107 Å². The van der Waals surface area contributed by atoms with Crippen LogP contribution in [-0.2, 0) is 11.2 Å². The molecule has 10 nitrogen and oxygen atoms in total. The fourth-order valence-corrected chi connectivity index (χ4v) is 7.11. The molecule has 248 valence electrons. The van der Waals surface area contributed by atoms with E-state index in [4.69, 9.17) is 11.2 Å². The summed E-state index contributed by atoms with van der Waals surface area (Å²) in [7, 11) is 3.55. The lowest BCUT2D eigenvalue weighted by Crippen LogP contribution is -2.51. The van der Waals surface area contributed by atoms with Crippen LogP contribution in [0.15, 0.2) is 31.0 Å². The molecule has 4 heterocycles.